The second-order valence-electron chi connectivity index (χ2n) is 5.46. The van der Waals surface area contributed by atoms with Gasteiger partial charge in [-0.05, 0) is 37.1 Å². The molecule has 1 heterocycles. The lowest BCUT2D eigenvalue weighted by Crippen LogP contribution is -2.45. The van der Waals surface area contributed by atoms with Gasteiger partial charge in [0.25, 0.3) is 0 Å². The van der Waals surface area contributed by atoms with Crippen LogP contribution in [0.3, 0.4) is 0 Å². The van der Waals surface area contributed by atoms with Gasteiger partial charge in [-0.25, -0.2) is 0 Å². The Hall–Kier alpha value is -0.723. The van der Waals surface area contributed by atoms with Crippen LogP contribution in [0.25, 0.3) is 0 Å². The molecule has 0 amide bonds. The Morgan fingerprint density at radius 3 is 2.15 bits per heavy atom. The molecule has 0 aromatic heterocycles. The number of likely N-dealkylation sites (N-methyl/N-ethyl adjacent to an activating group) is 1. The molecule has 0 bridgehead atoms. The van der Waals surface area contributed by atoms with Gasteiger partial charge >= 0.3 is 8.80 Å². The van der Waals surface area contributed by atoms with Crippen molar-refractivity contribution < 1.29 is 13.3 Å². The monoisotopic (exact) mass is 295 g/mol. The van der Waals surface area contributed by atoms with E-state index in [0.29, 0.717) is 12.0 Å². The number of likely N-dealkylation sites (tertiary alicyclic amines) is 1. The molecule has 1 saturated heterocycles. The molecule has 0 saturated carbocycles. The topological polar surface area (TPSA) is 30.9 Å². The van der Waals surface area contributed by atoms with E-state index in [1.54, 1.807) is 21.3 Å². The Kier molecular flexibility index (Phi) is 5.34. The van der Waals surface area contributed by atoms with Crippen LogP contribution in [0.4, 0.5) is 0 Å². The molecule has 2 rings (SSSR count). The highest BCUT2D eigenvalue weighted by Gasteiger charge is 2.38. The Balaban J connectivity index is 2.04. The van der Waals surface area contributed by atoms with Crippen molar-refractivity contribution in [3.8, 4) is 0 Å². The molecule has 1 atom stereocenters. The molecular formula is C15H25NO3Si. The molecule has 0 N–H and O–H groups in total. The van der Waals surface area contributed by atoms with Gasteiger partial charge in [-0.15, -0.1) is 0 Å². The lowest BCUT2D eigenvalue weighted by Gasteiger charge is -2.24. The minimum absolute atomic E-state index is 0.670. The highest BCUT2D eigenvalue weighted by molar-refractivity contribution is 6.60. The van der Waals surface area contributed by atoms with Crippen LogP contribution in [0.5, 0.6) is 0 Å². The number of nitrogens with zero attached hydrogens (tertiary/aromatic N) is 1. The summed E-state index contributed by atoms with van der Waals surface area (Å²) in [6.07, 6.45) is 1.25. The van der Waals surface area contributed by atoms with Crippen molar-refractivity contribution in [2.75, 3.05) is 41.5 Å². The highest BCUT2D eigenvalue weighted by Crippen LogP contribution is 2.26. The van der Waals surface area contributed by atoms with Crippen LogP contribution in [0.2, 0.25) is 0 Å². The van der Waals surface area contributed by atoms with Crippen LogP contribution in [0, 0.1) is 0 Å². The standard InChI is InChI=1S/C15H25NO3Si/c1-16-10-9-15(11-16)14-7-5-13(6-8-14)12-20(17-2,18-3)19-4/h5-8,15H,9-12H2,1-4H3. The maximum absolute atomic E-state index is 5.47. The van der Waals surface area contributed by atoms with E-state index in [4.69, 9.17) is 13.3 Å². The smallest absolute Gasteiger partial charge is 0.377 e. The SMILES string of the molecule is CO[Si](Cc1ccc(C2CCN(C)C2)cc1)(OC)OC. The van der Waals surface area contributed by atoms with Crippen molar-refractivity contribution >= 4 is 8.80 Å². The molecule has 20 heavy (non-hydrogen) atoms. The van der Waals surface area contributed by atoms with Crippen molar-refractivity contribution in [2.45, 2.75) is 18.4 Å². The van der Waals surface area contributed by atoms with E-state index >= 15 is 0 Å². The summed E-state index contributed by atoms with van der Waals surface area (Å²) in [4.78, 5) is 2.39. The Labute approximate surface area is 123 Å². The van der Waals surface area contributed by atoms with E-state index in [1.165, 1.54) is 24.1 Å². The van der Waals surface area contributed by atoms with E-state index < -0.39 is 8.80 Å². The first kappa shape index (κ1) is 15.7. The number of rotatable bonds is 6. The summed E-state index contributed by atoms with van der Waals surface area (Å²) in [6.45, 7) is 2.35. The summed E-state index contributed by atoms with van der Waals surface area (Å²) in [7, 11) is 4.62. The summed E-state index contributed by atoms with van der Waals surface area (Å²) in [5, 5.41) is 0. The third-order valence-electron chi connectivity index (χ3n) is 4.20. The fraction of sp³-hybridized carbons (Fsp3) is 0.600. The van der Waals surface area contributed by atoms with Gasteiger partial charge < -0.3 is 18.2 Å². The highest BCUT2D eigenvalue weighted by atomic mass is 28.4. The first-order valence-corrected chi connectivity index (χ1v) is 8.98. The van der Waals surface area contributed by atoms with E-state index in [-0.39, 0.29) is 0 Å². The summed E-state index contributed by atoms with van der Waals surface area (Å²) >= 11 is 0. The van der Waals surface area contributed by atoms with Crippen LogP contribution in [-0.2, 0) is 19.3 Å². The third-order valence-corrected chi connectivity index (χ3v) is 6.90. The van der Waals surface area contributed by atoms with Crippen molar-refractivity contribution in [3.63, 3.8) is 0 Å². The molecular weight excluding hydrogens is 270 g/mol. The minimum Gasteiger partial charge on any atom is -0.377 e. The summed E-state index contributed by atoms with van der Waals surface area (Å²) in [5.74, 6) is 0.670. The molecule has 112 valence electrons. The Morgan fingerprint density at radius 2 is 1.70 bits per heavy atom. The largest absolute Gasteiger partial charge is 0.504 e. The first-order chi connectivity index (χ1) is 9.62. The molecule has 1 unspecified atom stereocenters. The summed E-state index contributed by atoms with van der Waals surface area (Å²) in [6, 6.07) is 9.53. The predicted octanol–water partition coefficient (Wildman–Crippen LogP) is 2.07. The van der Waals surface area contributed by atoms with Gasteiger partial charge in [0.1, 0.15) is 0 Å². The summed E-state index contributed by atoms with van der Waals surface area (Å²) < 4.78 is 16.4. The maximum Gasteiger partial charge on any atom is 0.504 e. The van der Waals surface area contributed by atoms with Gasteiger partial charge in [0.2, 0.25) is 0 Å². The molecule has 4 nitrogen and oxygen atoms in total. The summed E-state index contributed by atoms with van der Waals surface area (Å²) in [5.41, 5.74) is 2.63. The van der Waals surface area contributed by atoms with Crippen LogP contribution < -0.4 is 0 Å². The quantitative estimate of drug-likeness (QED) is 0.752. The maximum atomic E-state index is 5.47. The molecule has 1 aromatic carbocycles. The number of benzene rings is 1. The van der Waals surface area contributed by atoms with Crippen molar-refractivity contribution in [1.29, 1.82) is 0 Å². The molecule has 0 aliphatic carbocycles. The second kappa shape index (κ2) is 6.82. The normalized spacial score (nSPS) is 20.5. The average Bonchev–Trinajstić information content (AvgIpc) is 2.92. The van der Waals surface area contributed by atoms with Gasteiger partial charge in [0.05, 0.1) is 0 Å². The van der Waals surface area contributed by atoms with Crippen molar-refractivity contribution in [3.05, 3.63) is 35.4 Å². The zero-order valence-electron chi connectivity index (χ0n) is 12.9. The minimum atomic E-state index is -2.53. The molecule has 1 aliphatic rings. The predicted molar refractivity (Wildman–Crippen MR) is 81.8 cm³/mol. The molecule has 0 radical (unpaired) electrons. The second-order valence-corrected chi connectivity index (χ2v) is 8.41. The van der Waals surface area contributed by atoms with E-state index in [9.17, 15) is 0 Å². The molecule has 1 fully saturated rings. The van der Waals surface area contributed by atoms with Gasteiger partial charge in [-0.2, -0.15) is 0 Å². The van der Waals surface area contributed by atoms with Gasteiger partial charge in [-0.1, -0.05) is 24.3 Å². The van der Waals surface area contributed by atoms with Crippen LogP contribution in [0.1, 0.15) is 23.5 Å². The van der Waals surface area contributed by atoms with E-state index in [1.807, 2.05) is 0 Å². The molecule has 1 aliphatic heterocycles. The first-order valence-electron chi connectivity index (χ1n) is 7.05. The van der Waals surface area contributed by atoms with Gasteiger partial charge in [-0.3, -0.25) is 0 Å². The van der Waals surface area contributed by atoms with E-state index in [0.717, 1.165) is 6.54 Å². The van der Waals surface area contributed by atoms with Crippen molar-refractivity contribution in [2.24, 2.45) is 0 Å². The van der Waals surface area contributed by atoms with Gasteiger partial charge in [0.15, 0.2) is 0 Å². The Bertz CT molecular complexity index is 411. The fourth-order valence-electron chi connectivity index (χ4n) is 2.83. The van der Waals surface area contributed by atoms with Crippen LogP contribution >= 0.6 is 0 Å². The zero-order chi connectivity index (χ0) is 14.6. The lowest BCUT2D eigenvalue weighted by molar-refractivity contribution is 0.122. The van der Waals surface area contributed by atoms with Crippen LogP contribution in [0.15, 0.2) is 24.3 Å². The average molecular weight is 295 g/mol. The fourth-order valence-corrected chi connectivity index (χ4v) is 4.50. The number of hydrogen-bond donors (Lipinski definition) is 0. The number of hydrogen-bond acceptors (Lipinski definition) is 4. The van der Waals surface area contributed by atoms with Gasteiger partial charge in [0, 0.05) is 33.9 Å². The Morgan fingerprint density at radius 1 is 1.10 bits per heavy atom. The molecule has 5 heteroatoms. The zero-order valence-corrected chi connectivity index (χ0v) is 13.9. The lowest BCUT2D eigenvalue weighted by atomic mass is 9.98. The molecule has 1 aromatic rings. The van der Waals surface area contributed by atoms with E-state index in [2.05, 4.69) is 36.2 Å². The van der Waals surface area contributed by atoms with Crippen LogP contribution in [-0.4, -0.2) is 55.2 Å². The molecule has 0 spiro atoms. The third kappa shape index (κ3) is 3.48. The van der Waals surface area contributed by atoms with Crippen molar-refractivity contribution in [1.82, 2.24) is 4.90 Å².